The summed E-state index contributed by atoms with van der Waals surface area (Å²) in [6, 6.07) is 17.7. The van der Waals surface area contributed by atoms with Gasteiger partial charge in [0, 0.05) is 36.3 Å². The van der Waals surface area contributed by atoms with E-state index in [2.05, 4.69) is 61.7 Å². The van der Waals surface area contributed by atoms with E-state index in [1.54, 1.807) is 12.1 Å². The Morgan fingerprint density at radius 1 is 1.20 bits per heavy atom. The first-order chi connectivity index (χ1) is 14.4. The largest absolute Gasteiger partial charge is 0.467 e. The molecular weight excluding hydrogens is 376 g/mol. The minimum atomic E-state index is -0.587. The number of ether oxygens (including phenoxy) is 1. The van der Waals surface area contributed by atoms with Crippen LogP contribution in [-0.2, 0) is 11.8 Å². The first-order valence-corrected chi connectivity index (χ1v) is 10.3. The molecule has 0 bridgehead atoms. The number of nitro benzene ring substituents is 1. The molecule has 0 saturated heterocycles. The van der Waals surface area contributed by atoms with Crippen molar-refractivity contribution in [3.05, 3.63) is 88.5 Å². The minimum Gasteiger partial charge on any atom is -0.467 e. The molecule has 1 spiro atoms. The summed E-state index contributed by atoms with van der Waals surface area (Å²) in [7, 11) is 0. The van der Waals surface area contributed by atoms with Gasteiger partial charge in [-0.1, -0.05) is 36.4 Å². The monoisotopic (exact) mass is 400 g/mol. The zero-order valence-electron chi connectivity index (χ0n) is 17.2. The van der Waals surface area contributed by atoms with Crippen LogP contribution in [0.4, 0.5) is 11.4 Å². The Labute approximate surface area is 175 Å². The normalized spacial score (nSPS) is 21.2. The number of anilines is 1. The fourth-order valence-corrected chi connectivity index (χ4v) is 5.39. The Balaban J connectivity index is 1.70. The van der Waals surface area contributed by atoms with Crippen LogP contribution in [0, 0.1) is 10.1 Å². The van der Waals surface area contributed by atoms with Gasteiger partial charge in [-0.3, -0.25) is 10.1 Å². The van der Waals surface area contributed by atoms with Crippen molar-refractivity contribution in [2.24, 2.45) is 0 Å². The molecule has 5 rings (SSSR count). The Morgan fingerprint density at radius 3 is 2.77 bits per heavy atom. The van der Waals surface area contributed by atoms with Gasteiger partial charge in [0.2, 0.25) is 0 Å². The topological polar surface area (TPSA) is 55.6 Å². The molecule has 0 aliphatic carbocycles. The summed E-state index contributed by atoms with van der Waals surface area (Å²) in [5, 5.41) is 13.6. The van der Waals surface area contributed by atoms with Crippen LogP contribution in [0.5, 0.6) is 5.75 Å². The number of rotatable bonds is 3. The highest BCUT2D eigenvalue weighted by atomic mass is 16.6. The first kappa shape index (κ1) is 18.7. The summed E-state index contributed by atoms with van der Waals surface area (Å²) in [5.74, 6) is 0.728. The standard InChI is InChI=1S/C25H24N2O3/c1-4-15-26-21-11-9-17-7-5-6-8-20(17)23(21)24(2,3)25(26)14-13-18-16-19(27(28)29)10-12-22(18)30-25/h4-12,16H,1,13-15H2,2-3H3. The van der Waals surface area contributed by atoms with E-state index in [4.69, 9.17) is 4.74 Å². The minimum absolute atomic E-state index is 0.108. The fourth-order valence-electron chi connectivity index (χ4n) is 5.39. The van der Waals surface area contributed by atoms with Crippen molar-refractivity contribution < 1.29 is 9.66 Å². The predicted octanol–water partition coefficient (Wildman–Crippen LogP) is 5.75. The van der Waals surface area contributed by atoms with Crippen LogP contribution >= 0.6 is 0 Å². The van der Waals surface area contributed by atoms with Crippen molar-refractivity contribution in [2.45, 2.75) is 37.8 Å². The van der Waals surface area contributed by atoms with Gasteiger partial charge in [-0.25, -0.2) is 0 Å². The van der Waals surface area contributed by atoms with Gasteiger partial charge < -0.3 is 9.64 Å². The van der Waals surface area contributed by atoms with E-state index in [0.29, 0.717) is 6.54 Å². The molecule has 3 aromatic carbocycles. The van der Waals surface area contributed by atoms with Gasteiger partial charge in [-0.05, 0) is 48.7 Å². The highest BCUT2D eigenvalue weighted by Crippen LogP contribution is 2.57. The van der Waals surface area contributed by atoms with Gasteiger partial charge in [-0.2, -0.15) is 0 Å². The molecule has 2 aliphatic heterocycles. The van der Waals surface area contributed by atoms with Crippen molar-refractivity contribution in [1.29, 1.82) is 0 Å². The van der Waals surface area contributed by atoms with Gasteiger partial charge in [0.15, 0.2) is 5.72 Å². The van der Waals surface area contributed by atoms with Crippen LogP contribution in [0.15, 0.2) is 67.3 Å². The molecule has 2 aliphatic rings. The average Bonchev–Trinajstić information content (AvgIpc) is 2.92. The molecule has 0 fully saturated rings. The molecule has 5 heteroatoms. The van der Waals surface area contributed by atoms with E-state index < -0.39 is 5.72 Å². The Kier molecular flexibility index (Phi) is 3.94. The maximum Gasteiger partial charge on any atom is 0.269 e. The molecule has 1 unspecified atom stereocenters. The van der Waals surface area contributed by atoms with Crippen LogP contribution in [-0.4, -0.2) is 17.2 Å². The molecule has 0 aromatic heterocycles. The van der Waals surface area contributed by atoms with Crippen LogP contribution in [0.3, 0.4) is 0 Å². The molecular formula is C25H24N2O3. The average molecular weight is 400 g/mol. The van der Waals surface area contributed by atoms with Crippen molar-refractivity contribution in [2.75, 3.05) is 11.4 Å². The van der Waals surface area contributed by atoms with Crippen molar-refractivity contribution in [3.8, 4) is 5.75 Å². The number of non-ortho nitro benzene ring substituents is 1. The molecule has 1 atom stereocenters. The molecule has 0 amide bonds. The molecule has 0 N–H and O–H groups in total. The lowest BCUT2D eigenvalue weighted by atomic mass is 9.72. The molecule has 3 aromatic rings. The third-order valence-electron chi connectivity index (χ3n) is 6.81. The number of fused-ring (bicyclic) bond motifs is 4. The quantitative estimate of drug-likeness (QED) is 0.319. The van der Waals surface area contributed by atoms with Crippen LogP contribution in [0.25, 0.3) is 10.8 Å². The second-order valence-electron chi connectivity index (χ2n) is 8.64. The first-order valence-electron chi connectivity index (χ1n) is 10.3. The predicted molar refractivity (Wildman–Crippen MR) is 119 cm³/mol. The maximum atomic E-state index is 11.2. The van der Waals surface area contributed by atoms with E-state index in [9.17, 15) is 10.1 Å². The second-order valence-corrected chi connectivity index (χ2v) is 8.64. The lowest BCUT2D eigenvalue weighted by Gasteiger charge is -2.49. The molecule has 5 nitrogen and oxygen atoms in total. The Bertz CT molecular complexity index is 1200. The molecule has 0 radical (unpaired) electrons. The molecule has 2 heterocycles. The maximum absolute atomic E-state index is 11.2. The SMILES string of the molecule is C=CCN1c2ccc3ccccc3c2C(C)(C)C12CCc1cc([N+](=O)[O-])ccc1O2. The lowest BCUT2D eigenvalue weighted by molar-refractivity contribution is -0.385. The number of aryl methyl sites for hydroxylation is 1. The van der Waals surface area contributed by atoms with Gasteiger partial charge in [0.05, 0.1) is 10.3 Å². The van der Waals surface area contributed by atoms with E-state index in [0.717, 1.165) is 24.2 Å². The zero-order valence-corrected chi connectivity index (χ0v) is 17.2. The smallest absolute Gasteiger partial charge is 0.269 e. The van der Waals surface area contributed by atoms with E-state index >= 15 is 0 Å². The number of benzene rings is 3. The van der Waals surface area contributed by atoms with Gasteiger partial charge >= 0.3 is 0 Å². The number of nitro groups is 1. The summed E-state index contributed by atoms with van der Waals surface area (Å²) >= 11 is 0. The van der Waals surface area contributed by atoms with E-state index in [1.165, 1.54) is 28.1 Å². The number of hydrogen-bond donors (Lipinski definition) is 0. The molecule has 152 valence electrons. The third-order valence-corrected chi connectivity index (χ3v) is 6.81. The van der Waals surface area contributed by atoms with Crippen LogP contribution in [0.1, 0.15) is 31.4 Å². The van der Waals surface area contributed by atoms with Gasteiger partial charge in [0.1, 0.15) is 5.75 Å². The fraction of sp³-hybridized carbons (Fsp3) is 0.280. The molecule has 30 heavy (non-hydrogen) atoms. The van der Waals surface area contributed by atoms with Crippen molar-refractivity contribution in [1.82, 2.24) is 0 Å². The third kappa shape index (κ3) is 2.35. The van der Waals surface area contributed by atoms with Gasteiger partial charge in [0.25, 0.3) is 5.69 Å². The highest BCUT2D eigenvalue weighted by molar-refractivity contribution is 5.93. The lowest BCUT2D eigenvalue weighted by Crippen LogP contribution is -2.61. The van der Waals surface area contributed by atoms with Gasteiger partial charge in [-0.15, -0.1) is 6.58 Å². The van der Waals surface area contributed by atoms with Crippen molar-refractivity contribution >= 4 is 22.1 Å². The van der Waals surface area contributed by atoms with E-state index in [-0.39, 0.29) is 16.0 Å². The summed E-state index contributed by atoms with van der Waals surface area (Å²) in [6.07, 6.45) is 3.38. The highest BCUT2D eigenvalue weighted by Gasteiger charge is 2.60. The van der Waals surface area contributed by atoms with Crippen LogP contribution < -0.4 is 9.64 Å². The Morgan fingerprint density at radius 2 is 2.00 bits per heavy atom. The van der Waals surface area contributed by atoms with Crippen molar-refractivity contribution in [3.63, 3.8) is 0 Å². The van der Waals surface area contributed by atoms with E-state index in [1.807, 2.05) is 6.08 Å². The summed E-state index contributed by atoms with van der Waals surface area (Å²) in [4.78, 5) is 13.2. The molecule has 0 saturated carbocycles. The van der Waals surface area contributed by atoms with Crippen LogP contribution in [0.2, 0.25) is 0 Å². The second kappa shape index (κ2) is 6.33. The summed E-state index contributed by atoms with van der Waals surface area (Å²) in [6.45, 7) is 9.15. The summed E-state index contributed by atoms with van der Waals surface area (Å²) < 4.78 is 6.78. The number of hydrogen-bond acceptors (Lipinski definition) is 4. The zero-order chi connectivity index (χ0) is 21.1. The summed E-state index contributed by atoms with van der Waals surface area (Å²) in [5.41, 5.74) is 2.57. The number of nitrogens with zero attached hydrogens (tertiary/aromatic N) is 2. The Hall–Kier alpha value is -3.34.